The van der Waals surface area contributed by atoms with Crippen LogP contribution in [0.15, 0.2) is 24.3 Å². The van der Waals surface area contributed by atoms with Crippen molar-refractivity contribution >= 4 is 39.6 Å². The van der Waals surface area contributed by atoms with Crippen LogP contribution in [0.25, 0.3) is 0 Å². The number of hydrogen-bond acceptors (Lipinski definition) is 5. The number of benzene rings is 1. The van der Waals surface area contributed by atoms with Crippen LogP contribution in [0, 0.1) is 0 Å². The number of rotatable bonds is 5. The summed E-state index contributed by atoms with van der Waals surface area (Å²) >= 11 is 3.04. The summed E-state index contributed by atoms with van der Waals surface area (Å²) < 4.78 is 0. The van der Waals surface area contributed by atoms with Gasteiger partial charge in [-0.05, 0) is 17.7 Å². The first-order chi connectivity index (χ1) is 10.5. The number of imide groups is 1. The lowest BCUT2D eigenvalue weighted by molar-refractivity contribution is -0.172. The molecule has 1 aliphatic heterocycles. The van der Waals surface area contributed by atoms with Crippen molar-refractivity contribution in [3.8, 4) is 0 Å². The number of hydroxylamine groups is 2. The minimum absolute atomic E-state index is 0.0539. The van der Waals surface area contributed by atoms with E-state index in [9.17, 15) is 19.2 Å². The second-order valence-corrected chi connectivity index (χ2v) is 5.13. The smallest absolute Gasteiger partial charge is 0.351 e. The van der Waals surface area contributed by atoms with E-state index in [0.717, 1.165) is 5.56 Å². The molecule has 1 saturated heterocycles. The van der Waals surface area contributed by atoms with Crippen LogP contribution in [0.1, 0.15) is 28.8 Å². The first-order valence-electron chi connectivity index (χ1n) is 6.51. The van der Waals surface area contributed by atoms with Crippen molar-refractivity contribution in [1.82, 2.24) is 10.4 Å². The minimum Gasteiger partial charge on any atom is -0.351 e. The van der Waals surface area contributed by atoms with Crippen molar-refractivity contribution in [3.05, 3.63) is 35.4 Å². The van der Waals surface area contributed by atoms with Crippen molar-refractivity contribution in [2.45, 2.75) is 19.4 Å². The van der Waals surface area contributed by atoms with E-state index in [4.69, 9.17) is 4.84 Å². The van der Waals surface area contributed by atoms with Gasteiger partial charge in [0.2, 0.25) is 5.91 Å². The van der Waals surface area contributed by atoms with Crippen molar-refractivity contribution in [3.63, 3.8) is 0 Å². The van der Waals surface area contributed by atoms with E-state index in [0.29, 0.717) is 11.6 Å². The maximum absolute atomic E-state index is 11.9. The van der Waals surface area contributed by atoms with E-state index in [1.807, 2.05) is 0 Å². The lowest BCUT2D eigenvalue weighted by Crippen LogP contribution is -2.32. The van der Waals surface area contributed by atoms with Crippen molar-refractivity contribution in [2.24, 2.45) is 0 Å². The second-order valence-electron chi connectivity index (χ2n) is 4.57. The van der Waals surface area contributed by atoms with Gasteiger partial charge >= 0.3 is 5.97 Å². The van der Waals surface area contributed by atoms with E-state index in [-0.39, 0.29) is 29.6 Å². The van der Waals surface area contributed by atoms with E-state index in [2.05, 4.69) is 21.2 Å². The fourth-order valence-electron chi connectivity index (χ4n) is 1.80. The first-order valence-corrected chi connectivity index (χ1v) is 7.63. The van der Waals surface area contributed by atoms with Gasteiger partial charge in [0.15, 0.2) is 0 Å². The molecule has 22 heavy (non-hydrogen) atoms. The number of halogens is 1. The number of hydrogen-bond donors (Lipinski definition) is 1. The van der Waals surface area contributed by atoms with Crippen molar-refractivity contribution < 1.29 is 24.0 Å². The summed E-state index contributed by atoms with van der Waals surface area (Å²) in [5, 5.41) is 3.39. The molecule has 1 N–H and O–H groups in total. The Bertz CT molecular complexity index is 598. The lowest BCUT2D eigenvalue weighted by Gasteiger charge is -2.12. The molecule has 1 aliphatic rings. The Morgan fingerprint density at radius 2 is 1.73 bits per heavy atom. The van der Waals surface area contributed by atoms with Gasteiger partial charge < -0.3 is 10.2 Å². The van der Waals surface area contributed by atoms with E-state index in [1.54, 1.807) is 12.1 Å². The van der Waals surface area contributed by atoms with Gasteiger partial charge in [-0.15, -0.1) is 5.06 Å². The normalized spacial score (nSPS) is 14.1. The maximum Gasteiger partial charge on any atom is 0.363 e. The molecule has 0 aliphatic carbocycles. The number of amides is 3. The third-order valence-electron chi connectivity index (χ3n) is 2.98. The predicted molar refractivity (Wildman–Crippen MR) is 78.6 cm³/mol. The SMILES string of the molecule is O=C(CBr)NCc1ccc(C(=O)ON2C(=O)CCC2=O)cc1. The molecule has 0 radical (unpaired) electrons. The molecule has 8 heteroatoms. The van der Waals surface area contributed by atoms with Crippen LogP contribution in [-0.2, 0) is 25.8 Å². The Kier molecular flexibility index (Phi) is 5.26. The molecule has 2 rings (SSSR count). The van der Waals surface area contributed by atoms with Gasteiger partial charge in [0, 0.05) is 19.4 Å². The Balaban J connectivity index is 1.95. The summed E-state index contributed by atoms with van der Waals surface area (Å²) in [5.41, 5.74) is 1.02. The monoisotopic (exact) mass is 368 g/mol. The highest BCUT2D eigenvalue weighted by Gasteiger charge is 2.33. The highest BCUT2D eigenvalue weighted by atomic mass is 79.9. The third kappa shape index (κ3) is 3.91. The molecule has 1 aromatic rings. The van der Waals surface area contributed by atoms with E-state index in [1.165, 1.54) is 12.1 Å². The highest BCUT2D eigenvalue weighted by Crippen LogP contribution is 2.14. The molecular formula is C14H13BrN2O5. The molecule has 1 aromatic carbocycles. The Morgan fingerprint density at radius 3 is 2.27 bits per heavy atom. The summed E-state index contributed by atoms with van der Waals surface area (Å²) in [6, 6.07) is 6.31. The molecule has 0 aromatic heterocycles. The molecule has 7 nitrogen and oxygen atoms in total. The first kappa shape index (κ1) is 16.2. The number of alkyl halides is 1. The highest BCUT2D eigenvalue weighted by molar-refractivity contribution is 9.09. The van der Waals surface area contributed by atoms with Gasteiger partial charge in [0.25, 0.3) is 11.8 Å². The van der Waals surface area contributed by atoms with Gasteiger partial charge in [-0.3, -0.25) is 14.4 Å². The second kappa shape index (κ2) is 7.17. The van der Waals surface area contributed by atoms with Crippen LogP contribution in [0.3, 0.4) is 0 Å². The number of nitrogens with zero attached hydrogens (tertiary/aromatic N) is 1. The Morgan fingerprint density at radius 1 is 1.14 bits per heavy atom. The molecule has 0 saturated carbocycles. The standard InChI is InChI=1S/C14H13BrN2O5/c15-7-11(18)16-8-9-1-3-10(4-2-9)14(21)22-17-12(19)5-6-13(17)20/h1-4H,5-8H2,(H,16,18). The zero-order chi connectivity index (χ0) is 16.1. The fraction of sp³-hybridized carbons (Fsp3) is 0.286. The zero-order valence-corrected chi connectivity index (χ0v) is 13.1. The van der Waals surface area contributed by atoms with E-state index >= 15 is 0 Å². The zero-order valence-electron chi connectivity index (χ0n) is 11.5. The van der Waals surface area contributed by atoms with Gasteiger partial charge in [0.05, 0.1) is 10.9 Å². The predicted octanol–water partition coefficient (Wildman–Crippen LogP) is 0.919. The van der Waals surface area contributed by atoms with Crippen LogP contribution in [0.4, 0.5) is 0 Å². The van der Waals surface area contributed by atoms with Gasteiger partial charge in [0.1, 0.15) is 0 Å². The van der Waals surface area contributed by atoms with Crippen LogP contribution < -0.4 is 5.32 Å². The van der Waals surface area contributed by atoms with Crippen LogP contribution >= 0.6 is 15.9 Å². The molecule has 0 spiro atoms. The van der Waals surface area contributed by atoms with Crippen LogP contribution in [0.5, 0.6) is 0 Å². The lowest BCUT2D eigenvalue weighted by atomic mass is 10.1. The Hall–Kier alpha value is -2.22. The van der Waals surface area contributed by atoms with Crippen LogP contribution in [0.2, 0.25) is 0 Å². The van der Waals surface area contributed by atoms with Crippen molar-refractivity contribution in [1.29, 1.82) is 0 Å². The fourth-order valence-corrected chi connectivity index (χ4v) is 2.00. The molecule has 0 bridgehead atoms. The number of nitrogens with one attached hydrogen (secondary N) is 1. The van der Waals surface area contributed by atoms with Gasteiger partial charge in [-0.2, -0.15) is 0 Å². The average molecular weight is 369 g/mol. The molecule has 0 unspecified atom stereocenters. The van der Waals surface area contributed by atoms with Gasteiger partial charge in [-0.25, -0.2) is 4.79 Å². The van der Waals surface area contributed by atoms with Crippen LogP contribution in [-0.4, -0.2) is 34.1 Å². The quantitative estimate of drug-likeness (QED) is 0.616. The molecule has 1 fully saturated rings. The molecular weight excluding hydrogens is 356 g/mol. The maximum atomic E-state index is 11.9. The Labute approximate surface area is 134 Å². The minimum atomic E-state index is -0.778. The third-order valence-corrected chi connectivity index (χ3v) is 3.49. The van der Waals surface area contributed by atoms with Crippen molar-refractivity contribution in [2.75, 3.05) is 5.33 Å². The number of carbonyl (C=O) groups excluding carboxylic acids is 4. The summed E-state index contributed by atoms with van der Waals surface area (Å²) in [6.45, 7) is 0.336. The average Bonchev–Trinajstić information content (AvgIpc) is 2.84. The summed E-state index contributed by atoms with van der Waals surface area (Å²) in [6.07, 6.45) is 0.108. The molecule has 3 amide bonds. The van der Waals surface area contributed by atoms with E-state index < -0.39 is 17.8 Å². The largest absolute Gasteiger partial charge is 0.363 e. The van der Waals surface area contributed by atoms with Gasteiger partial charge in [-0.1, -0.05) is 28.1 Å². The summed E-state index contributed by atoms with van der Waals surface area (Å²) in [5.74, 6) is -1.96. The number of carbonyl (C=O) groups is 4. The molecule has 116 valence electrons. The topological polar surface area (TPSA) is 92.8 Å². The molecule has 1 heterocycles. The summed E-state index contributed by atoms with van der Waals surface area (Å²) in [4.78, 5) is 50.5. The summed E-state index contributed by atoms with van der Waals surface area (Å²) in [7, 11) is 0. The molecule has 0 atom stereocenters.